The molecule has 0 aromatic heterocycles. The van der Waals surface area contributed by atoms with Crippen LogP contribution in [-0.2, 0) is 16.1 Å². The first kappa shape index (κ1) is 19.1. The van der Waals surface area contributed by atoms with Crippen LogP contribution in [0.1, 0.15) is 12.0 Å². The summed E-state index contributed by atoms with van der Waals surface area (Å²) in [5, 5.41) is 0.842. The van der Waals surface area contributed by atoms with Crippen molar-refractivity contribution in [3.05, 3.63) is 64.1 Å². The van der Waals surface area contributed by atoms with Gasteiger partial charge in [0.15, 0.2) is 6.61 Å². The predicted molar refractivity (Wildman–Crippen MR) is 97.6 cm³/mol. The highest BCUT2D eigenvalue weighted by molar-refractivity contribution is 6.34. The maximum absolute atomic E-state index is 12.5. The summed E-state index contributed by atoms with van der Waals surface area (Å²) in [6.45, 7) is 0.400. The van der Waals surface area contributed by atoms with Crippen LogP contribution in [0, 0.1) is 0 Å². The maximum Gasteiger partial charge on any atom is 0.260 e. The average molecular weight is 381 g/mol. The van der Waals surface area contributed by atoms with Crippen LogP contribution in [0.2, 0.25) is 10.0 Å². The Morgan fingerprint density at radius 3 is 2.28 bits per heavy atom. The Morgan fingerprint density at radius 1 is 1.04 bits per heavy atom. The lowest BCUT2D eigenvalue weighted by Crippen LogP contribution is -2.36. The molecule has 0 bridgehead atoms. The molecule has 0 radical (unpaired) electrons. The van der Waals surface area contributed by atoms with Crippen molar-refractivity contribution in [2.75, 3.05) is 13.2 Å². The lowest BCUT2D eigenvalue weighted by molar-refractivity contribution is -0.134. The van der Waals surface area contributed by atoms with Crippen LogP contribution in [0.3, 0.4) is 0 Å². The Kier molecular flexibility index (Phi) is 7.10. The fourth-order valence-corrected chi connectivity index (χ4v) is 2.70. The minimum Gasteiger partial charge on any atom is -0.484 e. The Bertz CT molecular complexity index is 718. The summed E-state index contributed by atoms with van der Waals surface area (Å²) in [7, 11) is 0. The summed E-state index contributed by atoms with van der Waals surface area (Å²) >= 11 is 11.8. The highest BCUT2D eigenvalue weighted by Crippen LogP contribution is 2.24. The Balaban J connectivity index is 2.01. The van der Waals surface area contributed by atoms with Crippen LogP contribution in [0.5, 0.6) is 5.75 Å². The molecule has 132 valence electrons. The first-order chi connectivity index (χ1) is 11.9. The minimum absolute atomic E-state index is 0.0849. The first-order valence-electron chi connectivity index (χ1n) is 7.63. The quantitative estimate of drug-likeness (QED) is 0.763. The molecule has 25 heavy (non-hydrogen) atoms. The monoisotopic (exact) mass is 380 g/mol. The molecule has 0 heterocycles. The van der Waals surface area contributed by atoms with Crippen LogP contribution in [0.15, 0.2) is 48.5 Å². The van der Waals surface area contributed by atoms with Crippen LogP contribution in [-0.4, -0.2) is 29.9 Å². The third-order valence-corrected chi connectivity index (χ3v) is 3.83. The van der Waals surface area contributed by atoms with Gasteiger partial charge in [-0.15, -0.1) is 0 Å². The van der Waals surface area contributed by atoms with E-state index in [1.165, 1.54) is 4.90 Å². The van der Waals surface area contributed by atoms with Crippen LogP contribution in [0.25, 0.3) is 0 Å². The van der Waals surface area contributed by atoms with E-state index in [0.717, 1.165) is 5.56 Å². The average Bonchev–Trinajstić information content (AvgIpc) is 2.56. The number of carbonyl (C=O) groups excluding carboxylic acids is 2. The van der Waals surface area contributed by atoms with Gasteiger partial charge in [-0.05, 0) is 23.8 Å². The maximum atomic E-state index is 12.5. The van der Waals surface area contributed by atoms with Crippen molar-refractivity contribution in [2.24, 2.45) is 5.73 Å². The molecule has 0 aliphatic heterocycles. The summed E-state index contributed by atoms with van der Waals surface area (Å²) in [6, 6.07) is 14.2. The normalized spacial score (nSPS) is 10.3. The van der Waals surface area contributed by atoms with Crippen LogP contribution < -0.4 is 10.5 Å². The number of nitrogens with zero attached hydrogens (tertiary/aromatic N) is 1. The molecule has 2 aromatic carbocycles. The SMILES string of the molecule is NC(=O)CCN(Cc1ccccc1)C(=O)COc1cc(Cl)cc(Cl)c1. The number of halogens is 2. The van der Waals surface area contributed by atoms with E-state index in [9.17, 15) is 9.59 Å². The molecule has 5 nitrogen and oxygen atoms in total. The molecular formula is C18H18Cl2N2O3. The molecule has 2 aromatic rings. The third-order valence-electron chi connectivity index (χ3n) is 3.40. The largest absolute Gasteiger partial charge is 0.484 e. The van der Waals surface area contributed by atoms with E-state index in [1.54, 1.807) is 18.2 Å². The van der Waals surface area contributed by atoms with Crippen molar-refractivity contribution in [1.29, 1.82) is 0 Å². The molecule has 0 spiro atoms. The number of hydrogen-bond acceptors (Lipinski definition) is 3. The number of ether oxygens (including phenoxy) is 1. The number of carbonyl (C=O) groups is 2. The van der Waals surface area contributed by atoms with Gasteiger partial charge in [0.2, 0.25) is 5.91 Å². The summed E-state index contributed by atoms with van der Waals surface area (Å²) in [5.41, 5.74) is 6.15. The van der Waals surface area contributed by atoms with E-state index in [1.807, 2.05) is 30.3 Å². The number of primary amides is 1. The number of amides is 2. The van der Waals surface area contributed by atoms with Gasteiger partial charge in [-0.25, -0.2) is 0 Å². The van der Waals surface area contributed by atoms with Gasteiger partial charge in [-0.1, -0.05) is 53.5 Å². The summed E-state index contributed by atoms with van der Waals surface area (Å²) in [6.07, 6.45) is 0.0849. The molecule has 0 fully saturated rings. The molecule has 7 heteroatoms. The van der Waals surface area contributed by atoms with E-state index in [0.29, 0.717) is 22.3 Å². The molecular weight excluding hydrogens is 363 g/mol. The summed E-state index contributed by atoms with van der Waals surface area (Å²) in [4.78, 5) is 25.1. The van der Waals surface area contributed by atoms with Crippen molar-refractivity contribution in [3.63, 3.8) is 0 Å². The van der Waals surface area contributed by atoms with Gasteiger partial charge in [0.1, 0.15) is 5.75 Å². The van der Waals surface area contributed by atoms with E-state index in [-0.39, 0.29) is 25.5 Å². The number of rotatable bonds is 8. The highest BCUT2D eigenvalue weighted by atomic mass is 35.5. The second kappa shape index (κ2) is 9.30. The summed E-state index contributed by atoms with van der Waals surface area (Å²) < 4.78 is 5.48. The smallest absolute Gasteiger partial charge is 0.260 e. The van der Waals surface area contributed by atoms with Gasteiger partial charge >= 0.3 is 0 Å². The van der Waals surface area contributed by atoms with Gasteiger partial charge in [0.05, 0.1) is 0 Å². The topological polar surface area (TPSA) is 72.6 Å². The molecule has 2 rings (SSSR count). The molecule has 0 atom stereocenters. The number of hydrogen-bond donors (Lipinski definition) is 1. The van der Waals surface area contributed by atoms with Gasteiger partial charge in [0.25, 0.3) is 5.91 Å². The fourth-order valence-electron chi connectivity index (χ4n) is 2.19. The Hall–Kier alpha value is -2.24. The van der Waals surface area contributed by atoms with Crippen molar-refractivity contribution in [1.82, 2.24) is 4.90 Å². The number of benzene rings is 2. The van der Waals surface area contributed by atoms with Gasteiger partial charge < -0.3 is 15.4 Å². The van der Waals surface area contributed by atoms with Gasteiger partial charge in [-0.3, -0.25) is 9.59 Å². The van der Waals surface area contributed by atoms with E-state index < -0.39 is 5.91 Å². The molecule has 0 unspecified atom stereocenters. The minimum atomic E-state index is -0.464. The molecule has 2 amide bonds. The van der Waals surface area contributed by atoms with Crippen molar-refractivity contribution in [3.8, 4) is 5.75 Å². The van der Waals surface area contributed by atoms with Crippen LogP contribution in [0.4, 0.5) is 0 Å². The molecule has 0 aliphatic rings. The van der Waals surface area contributed by atoms with Crippen molar-refractivity contribution < 1.29 is 14.3 Å². The standard InChI is InChI=1S/C18H18Cl2N2O3/c19-14-8-15(20)10-16(9-14)25-12-18(24)22(7-6-17(21)23)11-13-4-2-1-3-5-13/h1-5,8-10H,6-7,11-12H2,(H2,21,23). The first-order valence-corrected chi connectivity index (χ1v) is 8.38. The Morgan fingerprint density at radius 2 is 1.68 bits per heavy atom. The second-order valence-corrected chi connectivity index (χ2v) is 6.28. The second-order valence-electron chi connectivity index (χ2n) is 5.41. The predicted octanol–water partition coefficient (Wildman–Crippen LogP) is 3.28. The van der Waals surface area contributed by atoms with Crippen molar-refractivity contribution >= 4 is 35.0 Å². The molecule has 0 aliphatic carbocycles. The zero-order valence-electron chi connectivity index (χ0n) is 13.5. The molecule has 0 saturated heterocycles. The van der Waals surface area contributed by atoms with Crippen LogP contribution >= 0.6 is 23.2 Å². The Labute approximate surface area is 156 Å². The van der Waals surface area contributed by atoms with Crippen molar-refractivity contribution in [2.45, 2.75) is 13.0 Å². The van der Waals surface area contributed by atoms with E-state index >= 15 is 0 Å². The third kappa shape index (κ3) is 6.64. The summed E-state index contributed by atoms with van der Waals surface area (Å²) in [5.74, 6) is -0.324. The lowest BCUT2D eigenvalue weighted by atomic mass is 10.2. The molecule has 2 N–H and O–H groups in total. The van der Waals surface area contributed by atoms with Gasteiger partial charge in [0, 0.05) is 29.6 Å². The number of nitrogens with two attached hydrogens (primary N) is 1. The zero-order valence-corrected chi connectivity index (χ0v) is 15.0. The highest BCUT2D eigenvalue weighted by Gasteiger charge is 2.16. The van der Waals surface area contributed by atoms with Gasteiger partial charge in [-0.2, -0.15) is 0 Å². The van der Waals surface area contributed by atoms with E-state index in [2.05, 4.69) is 0 Å². The molecule has 0 saturated carbocycles. The lowest BCUT2D eigenvalue weighted by Gasteiger charge is -2.22. The zero-order chi connectivity index (χ0) is 18.2. The fraction of sp³-hybridized carbons (Fsp3) is 0.222. The van der Waals surface area contributed by atoms with E-state index in [4.69, 9.17) is 33.7 Å².